The van der Waals surface area contributed by atoms with E-state index in [2.05, 4.69) is 4.99 Å². The third-order valence-electron chi connectivity index (χ3n) is 6.52. The molecule has 5 rings (SSSR count). The summed E-state index contributed by atoms with van der Waals surface area (Å²) in [6, 6.07) is 19.6. The Morgan fingerprint density at radius 3 is 2.55 bits per heavy atom. The third-order valence-corrected chi connectivity index (χ3v) is 7.88. The number of esters is 1. The quantitative estimate of drug-likeness (QED) is 0.236. The first-order valence-electron chi connectivity index (χ1n) is 13.4. The minimum atomic E-state index is -0.768. The van der Waals surface area contributed by atoms with Crippen LogP contribution in [0.25, 0.3) is 6.08 Å². The molecule has 216 valence electrons. The maximum Gasteiger partial charge on any atom is 0.337 e. The molecule has 42 heavy (non-hydrogen) atoms. The van der Waals surface area contributed by atoms with Crippen LogP contribution in [-0.2, 0) is 16.1 Å². The lowest BCUT2D eigenvalue weighted by Gasteiger charge is -2.23. The number of hydrogen-bond donors (Lipinski definition) is 0. The van der Waals surface area contributed by atoms with Crippen molar-refractivity contribution in [3.8, 4) is 17.2 Å². The van der Waals surface area contributed by atoms with Gasteiger partial charge in [-0.15, -0.1) is 0 Å². The molecule has 0 N–H and O–H groups in total. The van der Waals surface area contributed by atoms with E-state index in [1.165, 1.54) is 29.2 Å². The molecule has 0 bridgehead atoms. The van der Waals surface area contributed by atoms with Gasteiger partial charge in [0.2, 0.25) is 0 Å². The number of hydrogen-bond acceptors (Lipinski definition) is 8. The predicted octanol–water partition coefficient (Wildman–Crippen LogP) is 5.05. The van der Waals surface area contributed by atoms with Gasteiger partial charge in [-0.05, 0) is 61.4 Å². The summed E-state index contributed by atoms with van der Waals surface area (Å²) < 4.78 is 24.5. The molecule has 10 heteroatoms. The van der Waals surface area contributed by atoms with Gasteiger partial charge in [0.15, 0.2) is 16.3 Å². The Morgan fingerprint density at radius 2 is 1.79 bits per heavy atom. The number of rotatable bonds is 10. The van der Waals surface area contributed by atoms with Crippen LogP contribution in [0.5, 0.6) is 17.2 Å². The molecule has 3 aromatic carbocycles. The predicted molar refractivity (Wildman–Crippen MR) is 162 cm³/mol. The van der Waals surface area contributed by atoms with Crippen molar-refractivity contribution in [1.82, 2.24) is 4.57 Å². The van der Waals surface area contributed by atoms with E-state index in [4.69, 9.17) is 30.5 Å². The van der Waals surface area contributed by atoms with Crippen molar-refractivity contribution in [1.29, 1.82) is 0 Å². The first-order chi connectivity index (χ1) is 20.4. The third kappa shape index (κ3) is 6.12. The highest BCUT2D eigenvalue weighted by atomic mass is 35.5. The lowest BCUT2D eigenvalue weighted by Crippen LogP contribution is -2.39. The summed E-state index contributed by atoms with van der Waals surface area (Å²) in [6.07, 6.45) is 3.25. The lowest BCUT2D eigenvalue weighted by molar-refractivity contribution is -0.136. The van der Waals surface area contributed by atoms with Crippen LogP contribution >= 0.6 is 22.9 Å². The molecule has 1 aliphatic heterocycles. The van der Waals surface area contributed by atoms with Gasteiger partial charge in [-0.2, -0.15) is 0 Å². The van der Waals surface area contributed by atoms with Gasteiger partial charge in [-0.3, -0.25) is 9.36 Å². The average molecular weight is 605 g/mol. The molecule has 8 nitrogen and oxygen atoms in total. The van der Waals surface area contributed by atoms with Crippen LogP contribution < -0.4 is 29.1 Å². The fraction of sp³-hybridized carbons (Fsp3) is 0.219. The number of aromatic nitrogens is 1. The monoisotopic (exact) mass is 604 g/mol. The number of thiazole rings is 1. The summed E-state index contributed by atoms with van der Waals surface area (Å²) >= 11 is 7.50. The molecule has 0 amide bonds. The zero-order chi connectivity index (χ0) is 29.6. The number of methoxy groups -OCH3 is 1. The van der Waals surface area contributed by atoms with Gasteiger partial charge in [0.1, 0.15) is 12.4 Å². The van der Waals surface area contributed by atoms with Crippen molar-refractivity contribution in [2.75, 3.05) is 20.3 Å². The van der Waals surface area contributed by atoms with Crippen molar-refractivity contribution < 1.29 is 23.7 Å². The van der Waals surface area contributed by atoms with Gasteiger partial charge in [0, 0.05) is 16.8 Å². The normalized spacial score (nSPS) is 14.4. The second kappa shape index (κ2) is 13.1. The van der Waals surface area contributed by atoms with Crippen LogP contribution in [0.2, 0.25) is 5.02 Å². The summed E-state index contributed by atoms with van der Waals surface area (Å²) in [5.74, 6) is 1.16. The molecule has 1 aliphatic rings. The lowest BCUT2D eigenvalue weighted by atomic mass is 9.97. The highest BCUT2D eigenvalue weighted by molar-refractivity contribution is 7.07. The molecule has 0 radical (unpaired) electrons. The Hall–Kier alpha value is -4.34. The van der Waals surface area contributed by atoms with Crippen molar-refractivity contribution in [2.45, 2.75) is 26.5 Å². The number of fused-ring (bicyclic) bond motifs is 1. The Kier molecular flexibility index (Phi) is 9.09. The fourth-order valence-corrected chi connectivity index (χ4v) is 5.77. The minimum Gasteiger partial charge on any atom is -0.490 e. The van der Waals surface area contributed by atoms with E-state index in [9.17, 15) is 9.59 Å². The SMILES string of the molecule is CCOc1ccc([C@H]2C(C(=O)OC)=CN=c3s/c(=C/c4cccc(OCc5ccccc5Cl)c4)c(=O)n32)cc1OCC. The second-order valence-electron chi connectivity index (χ2n) is 9.20. The summed E-state index contributed by atoms with van der Waals surface area (Å²) in [5, 5.41) is 0.636. The van der Waals surface area contributed by atoms with E-state index in [1.807, 2.05) is 68.4 Å². The minimum absolute atomic E-state index is 0.234. The largest absolute Gasteiger partial charge is 0.490 e. The van der Waals surface area contributed by atoms with E-state index in [-0.39, 0.29) is 11.1 Å². The standard InChI is InChI=1S/C32H29ClN2O6S/c1-4-39-26-14-13-21(17-27(26)40-5-2)29-24(31(37)38-3)18-34-32-35(29)30(36)28(42-32)16-20-9-8-11-23(15-20)41-19-22-10-6-7-12-25(22)33/h6-18,29H,4-5,19H2,1-3H3/b28-16+/t29-/m0/s1. The van der Waals surface area contributed by atoms with Crippen molar-refractivity contribution in [3.63, 3.8) is 0 Å². The maximum absolute atomic E-state index is 13.9. The molecular weight excluding hydrogens is 576 g/mol. The van der Waals surface area contributed by atoms with Crippen LogP contribution in [0.4, 0.5) is 0 Å². The van der Waals surface area contributed by atoms with Crippen LogP contribution in [-0.4, -0.2) is 30.9 Å². The number of ether oxygens (including phenoxy) is 4. The zero-order valence-electron chi connectivity index (χ0n) is 23.3. The molecule has 0 aliphatic carbocycles. The van der Waals surface area contributed by atoms with Crippen molar-refractivity contribution >= 4 is 35.0 Å². The van der Waals surface area contributed by atoms with E-state index in [0.29, 0.717) is 57.0 Å². The smallest absolute Gasteiger partial charge is 0.337 e. The zero-order valence-corrected chi connectivity index (χ0v) is 24.9. The Morgan fingerprint density at radius 1 is 1.00 bits per heavy atom. The van der Waals surface area contributed by atoms with Gasteiger partial charge >= 0.3 is 5.97 Å². The van der Waals surface area contributed by atoms with Crippen LogP contribution in [0, 0.1) is 0 Å². The van der Waals surface area contributed by atoms with E-state index < -0.39 is 12.0 Å². The number of benzene rings is 3. The summed E-state index contributed by atoms with van der Waals surface area (Å²) in [7, 11) is 1.30. The molecule has 0 saturated heterocycles. The molecule has 4 aromatic rings. The van der Waals surface area contributed by atoms with E-state index >= 15 is 0 Å². The van der Waals surface area contributed by atoms with E-state index in [0.717, 1.165) is 11.1 Å². The fourth-order valence-electron chi connectivity index (χ4n) is 4.61. The van der Waals surface area contributed by atoms with Gasteiger partial charge in [0.05, 0.1) is 36.5 Å². The van der Waals surface area contributed by atoms with E-state index in [1.54, 1.807) is 18.2 Å². The molecule has 0 unspecified atom stereocenters. The Bertz CT molecular complexity index is 1830. The van der Waals surface area contributed by atoms with Gasteiger partial charge in [-0.1, -0.05) is 59.3 Å². The first-order valence-corrected chi connectivity index (χ1v) is 14.6. The number of carbonyl (C=O) groups is 1. The number of carbonyl (C=O) groups excluding carboxylic acids is 1. The Balaban J connectivity index is 1.54. The molecule has 0 spiro atoms. The average Bonchev–Trinajstić information content (AvgIpc) is 3.31. The van der Waals surface area contributed by atoms with Crippen LogP contribution in [0.15, 0.2) is 88.3 Å². The summed E-state index contributed by atoms with van der Waals surface area (Å²) in [5.41, 5.74) is 2.27. The summed E-state index contributed by atoms with van der Waals surface area (Å²) in [4.78, 5) is 31.6. The number of nitrogens with zero attached hydrogens (tertiary/aromatic N) is 2. The summed E-state index contributed by atoms with van der Waals surface area (Å²) in [6.45, 7) is 4.97. The molecule has 2 heterocycles. The molecule has 1 aromatic heterocycles. The molecule has 1 atom stereocenters. The van der Waals surface area contributed by atoms with Crippen molar-refractivity contribution in [3.05, 3.63) is 120 Å². The van der Waals surface area contributed by atoms with Gasteiger partial charge in [0.25, 0.3) is 5.56 Å². The highest BCUT2D eigenvalue weighted by Gasteiger charge is 2.31. The maximum atomic E-state index is 13.9. The topological polar surface area (TPSA) is 88.4 Å². The van der Waals surface area contributed by atoms with Crippen molar-refractivity contribution in [2.24, 2.45) is 4.99 Å². The Labute approximate surface area is 251 Å². The first kappa shape index (κ1) is 29.2. The highest BCUT2D eigenvalue weighted by Crippen LogP contribution is 2.35. The molecule has 0 fully saturated rings. The number of halogens is 1. The molecular formula is C32H29ClN2O6S. The second-order valence-corrected chi connectivity index (χ2v) is 10.6. The van der Waals surface area contributed by atoms with Gasteiger partial charge < -0.3 is 18.9 Å². The van der Waals surface area contributed by atoms with Crippen LogP contribution in [0.3, 0.4) is 0 Å². The van der Waals surface area contributed by atoms with Gasteiger partial charge in [-0.25, -0.2) is 9.79 Å². The van der Waals surface area contributed by atoms with Crippen LogP contribution in [0.1, 0.15) is 36.6 Å². The molecule has 0 saturated carbocycles.